The minimum absolute atomic E-state index is 0.0322. The lowest BCUT2D eigenvalue weighted by molar-refractivity contribution is -0.146. The molecule has 1 aliphatic heterocycles. The van der Waals surface area contributed by atoms with Crippen molar-refractivity contribution in [1.82, 2.24) is 4.90 Å². The predicted molar refractivity (Wildman–Crippen MR) is 67.9 cm³/mol. The topological polar surface area (TPSA) is 74.7 Å². The summed E-state index contributed by atoms with van der Waals surface area (Å²) in [6.07, 6.45) is 0. The molecule has 1 rings (SSSR count). The fraction of sp³-hybridized carbons (Fsp3) is 0.700. The lowest BCUT2D eigenvalue weighted by Crippen LogP contribution is -2.42. The first-order valence-electron chi connectivity index (χ1n) is 5.21. The standard InChI is InChI=1S/C10H15NO4S2/c1-6(5-17-7(2)12)8(13)11-3-4-16-9(11)10(14)15/h6,9H,3-5H2,1-2H3,(H,14,15). The van der Waals surface area contributed by atoms with Gasteiger partial charge in [0.2, 0.25) is 5.91 Å². The molecule has 0 aromatic carbocycles. The summed E-state index contributed by atoms with van der Waals surface area (Å²) in [7, 11) is 0. The SMILES string of the molecule is CC(=O)SCC(C)C(=O)N1CCSC1C(=O)O. The maximum absolute atomic E-state index is 12.0. The molecule has 0 spiro atoms. The smallest absolute Gasteiger partial charge is 0.337 e. The molecule has 1 heterocycles. The minimum Gasteiger partial charge on any atom is -0.479 e. The second kappa shape index (κ2) is 6.30. The average Bonchev–Trinajstić information content (AvgIpc) is 2.73. The predicted octanol–water partition coefficient (Wildman–Crippen LogP) is 0.888. The van der Waals surface area contributed by atoms with Crippen LogP contribution in [0.15, 0.2) is 0 Å². The Bertz CT molecular complexity index is 334. The van der Waals surface area contributed by atoms with Crippen LogP contribution in [0.4, 0.5) is 0 Å². The Morgan fingerprint density at radius 2 is 2.18 bits per heavy atom. The van der Waals surface area contributed by atoms with Crippen LogP contribution in [-0.2, 0) is 14.4 Å². The van der Waals surface area contributed by atoms with E-state index in [9.17, 15) is 14.4 Å². The van der Waals surface area contributed by atoms with Gasteiger partial charge < -0.3 is 10.0 Å². The number of carboxylic acid groups (broad SMARTS) is 1. The molecular weight excluding hydrogens is 262 g/mol. The van der Waals surface area contributed by atoms with Crippen LogP contribution in [0, 0.1) is 5.92 Å². The molecule has 0 saturated carbocycles. The summed E-state index contributed by atoms with van der Waals surface area (Å²) in [6.45, 7) is 3.64. The van der Waals surface area contributed by atoms with Crippen molar-refractivity contribution in [3.8, 4) is 0 Å². The zero-order chi connectivity index (χ0) is 13.0. The Morgan fingerprint density at radius 3 is 2.71 bits per heavy atom. The molecule has 5 nitrogen and oxygen atoms in total. The van der Waals surface area contributed by atoms with Crippen LogP contribution >= 0.6 is 23.5 Å². The van der Waals surface area contributed by atoms with Crippen molar-refractivity contribution in [3.05, 3.63) is 0 Å². The third-order valence-corrected chi connectivity index (χ3v) is 4.61. The van der Waals surface area contributed by atoms with Gasteiger partial charge >= 0.3 is 5.97 Å². The van der Waals surface area contributed by atoms with Gasteiger partial charge in [0.25, 0.3) is 0 Å². The second-order valence-corrected chi connectivity index (χ2v) is 6.18. The van der Waals surface area contributed by atoms with E-state index in [0.717, 1.165) is 11.8 Å². The molecule has 0 aliphatic carbocycles. The number of nitrogens with zero attached hydrogens (tertiary/aromatic N) is 1. The van der Waals surface area contributed by atoms with E-state index in [0.29, 0.717) is 18.1 Å². The van der Waals surface area contributed by atoms with Crippen molar-refractivity contribution in [2.75, 3.05) is 18.1 Å². The van der Waals surface area contributed by atoms with Gasteiger partial charge in [0, 0.05) is 30.9 Å². The Morgan fingerprint density at radius 1 is 1.53 bits per heavy atom. The molecule has 0 aromatic heterocycles. The summed E-state index contributed by atoms with van der Waals surface area (Å²) in [4.78, 5) is 35.1. The lowest BCUT2D eigenvalue weighted by atomic mass is 10.2. The zero-order valence-corrected chi connectivity index (χ0v) is 11.3. The van der Waals surface area contributed by atoms with Crippen LogP contribution in [-0.4, -0.2) is 50.4 Å². The van der Waals surface area contributed by atoms with E-state index >= 15 is 0 Å². The molecule has 2 atom stereocenters. The van der Waals surface area contributed by atoms with Crippen LogP contribution < -0.4 is 0 Å². The van der Waals surface area contributed by atoms with Crippen molar-refractivity contribution >= 4 is 40.5 Å². The summed E-state index contributed by atoms with van der Waals surface area (Å²) >= 11 is 2.36. The normalized spacial score (nSPS) is 21.3. The molecule has 0 radical (unpaired) electrons. The van der Waals surface area contributed by atoms with Crippen LogP contribution in [0.2, 0.25) is 0 Å². The largest absolute Gasteiger partial charge is 0.479 e. The lowest BCUT2D eigenvalue weighted by Gasteiger charge is -2.23. The van der Waals surface area contributed by atoms with E-state index < -0.39 is 11.3 Å². The van der Waals surface area contributed by atoms with Crippen LogP contribution in [0.3, 0.4) is 0 Å². The minimum atomic E-state index is -0.979. The van der Waals surface area contributed by atoms with Gasteiger partial charge in [0.15, 0.2) is 10.5 Å². The first-order valence-corrected chi connectivity index (χ1v) is 7.25. The van der Waals surface area contributed by atoms with Crippen molar-refractivity contribution in [3.63, 3.8) is 0 Å². The Labute approximate surface area is 108 Å². The molecule has 17 heavy (non-hydrogen) atoms. The van der Waals surface area contributed by atoms with E-state index in [1.165, 1.54) is 23.6 Å². The monoisotopic (exact) mass is 277 g/mol. The van der Waals surface area contributed by atoms with Gasteiger partial charge in [0.05, 0.1) is 0 Å². The third-order valence-electron chi connectivity index (χ3n) is 2.34. The van der Waals surface area contributed by atoms with E-state index in [1.807, 2.05) is 0 Å². The fourth-order valence-corrected chi connectivity index (χ4v) is 3.18. The maximum Gasteiger partial charge on any atom is 0.337 e. The molecule has 7 heteroatoms. The molecule has 1 fully saturated rings. The molecule has 0 bridgehead atoms. The van der Waals surface area contributed by atoms with Gasteiger partial charge in [-0.3, -0.25) is 9.59 Å². The van der Waals surface area contributed by atoms with Crippen molar-refractivity contribution < 1.29 is 19.5 Å². The zero-order valence-electron chi connectivity index (χ0n) is 9.71. The third kappa shape index (κ3) is 3.92. The molecule has 1 saturated heterocycles. The number of amides is 1. The molecule has 96 valence electrons. The van der Waals surface area contributed by atoms with Crippen molar-refractivity contribution in [1.29, 1.82) is 0 Å². The number of rotatable bonds is 4. The molecule has 0 aromatic rings. The molecule has 1 amide bonds. The highest BCUT2D eigenvalue weighted by Crippen LogP contribution is 2.26. The van der Waals surface area contributed by atoms with Gasteiger partial charge in [0.1, 0.15) is 0 Å². The Balaban J connectivity index is 2.56. The first-order chi connectivity index (χ1) is 7.93. The highest BCUT2D eigenvalue weighted by Gasteiger charge is 2.36. The van der Waals surface area contributed by atoms with Crippen molar-refractivity contribution in [2.45, 2.75) is 19.2 Å². The van der Waals surface area contributed by atoms with E-state index in [4.69, 9.17) is 5.11 Å². The van der Waals surface area contributed by atoms with E-state index in [1.54, 1.807) is 6.92 Å². The molecule has 2 unspecified atom stereocenters. The van der Waals surface area contributed by atoms with Gasteiger partial charge in [-0.2, -0.15) is 0 Å². The number of carbonyl (C=O) groups excluding carboxylic acids is 2. The van der Waals surface area contributed by atoms with Crippen LogP contribution in [0.1, 0.15) is 13.8 Å². The van der Waals surface area contributed by atoms with Crippen molar-refractivity contribution in [2.24, 2.45) is 5.92 Å². The number of carbonyl (C=O) groups is 3. The summed E-state index contributed by atoms with van der Waals surface area (Å²) in [5.74, 6) is -0.440. The molecule has 1 N–H and O–H groups in total. The molecule has 1 aliphatic rings. The highest BCUT2D eigenvalue weighted by molar-refractivity contribution is 8.13. The summed E-state index contributed by atoms with van der Waals surface area (Å²) in [6, 6.07) is 0. The first kappa shape index (κ1) is 14.4. The quantitative estimate of drug-likeness (QED) is 0.822. The summed E-state index contributed by atoms with van der Waals surface area (Å²) < 4.78 is 0. The Kier molecular flexibility index (Phi) is 5.32. The van der Waals surface area contributed by atoms with Gasteiger partial charge in [-0.05, 0) is 0 Å². The number of hydrogen-bond acceptors (Lipinski definition) is 5. The van der Waals surface area contributed by atoms with Gasteiger partial charge in [-0.15, -0.1) is 11.8 Å². The van der Waals surface area contributed by atoms with Crippen LogP contribution in [0.25, 0.3) is 0 Å². The molecular formula is C10H15NO4S2. The Hall–Kier alpha value is -0.690. The van der Waals surface area contributed by atoms with Gasteiger partial charge in [-0.25, -0.2) is 4.79 Å². The van der Waals surface area contributed by atoms with Gasteiger partial charge in [-0.1, -0.05) is 18.7 Å². The summed E-state index contributed by atoms with van der Waals surface area (Å²) in [5.41, 5.74) is 0. The number of thioether (sulfide) groups is 2. The number of carboxylic acids is 1. The van der Waals surface area contributed by atoms with Crippen LogP contribution in [0.5, 0.6) is 0 Å². The van der Waals surface area contributed by atoms with E-state index in [2.05, 4.69) is 0 Å². The second-order valence-electron chi connectivity index (χ2n) is 3.80. The average molecular weight is 277 g/mol. The fourth-order valence-electron chi connectivity index (χ4n) is 1.50. The number of aliphatic carboxylic acids is 1. The highest BCUT2D eigenvalue weighted by atomic mass is 32.2. The summed E-state index contributed by atoms with van der Waals surface area (Å²) in [5, 5.41) is 8.16. The van der Waals surface area contributed by atoms with E-state index in [-0.39, 0.29) is 16.9 Å². The number of hydrogen-bond donors (Lipinski definition) is 1. The maximum atomic E-state index is 12.0.